The Bertz CT molecular complexity index is 1120. The van der Waals surface area contributed by atoms with Crippen LogP contribution in [0, 0.1) is 0 Å². The molecule has 142 valence electrons. The minimum absolute atomic E-state index is 0.209. The van der Waals surface area contributed by atoms with E-state index in [1.54, 1.807) is 29.6 Å². The van der Waals surface area contributed by atoms with Crippen molar-refractivity contribution in [3.05, 3.63) is 55.5 Å². The number of methoxy groups -OCH3 is 1. The van der Waals surface area contributed by atoms with Crippen LogP contribution >= 0.6 is 22.9 Å². The van der Waals surface area contributed by atoms with Gasteiger partial charge in [-0.1, -0.05) is 18.5 Å². The molecule has 27 heavy (non-hydrogen) atoms. The Hall–Kier alpha value is -2.58. The van der Waals surface area contributed by atoms with Crippen LogP contribution in [-0.2, 0) is 17.9 Å². The number of rotatable bonds is 6. The third-order valence-corrected chi connectivity index (χ3v) is 5.21. The lowest BCUT2D eigenvalue weighted by Gasteiger charge is -2.12. The van der Waals surface area contributed by atoms with Crippen molar-refractivity contribution in [3.8, 4) is 5.75 Å². The summed E-state index contributed by atoms with van der Waals surface area (Å²) in [5.74, 6) is 0.102. The predicted molar refractivity (Wildman–Crippen MR) is 107 cm³/mol. The Morgan fingerprint density at radius 2 is 2.04 bits per heavy atom. The number of carbonyl (C=O) groups excluding carboxylic acids is 1. The molecule has 0 bridgehead atoms. The van der Waals surface area contributed by atoms with Crippen molar-refractivity contribution in [1.29, 1.82) is 0 Å². The molecule has 3 aromatic rings. The minimum Gasteiger partial charge on any atom is -0.495 e. The third kappa shape index (κ3) is 3.77. The van der Waals surface area contributed by atoms with Crippen molar-refractivity contribution in [3.63, 3.8) is 0 Å². The number of fused-ring (bicyclic) bond motifs is 1. The molecule has 0 aliphatic rings. The van der Waals surface area contributed by atoms with Gasteiger partial charge in [-0.25, -0.2) is 4.79 Å². The average molecular weight is 408 g/mol. The summed E-state index contributed by atoms with van der Waals surface area (Å²) in [6.07, 6.45) is 0.641. The number of nitrogens with zero attached hydrogens (tertiary/aromatic N) is 2. The van der Waals surface area contributed by atoms with Crippen molar-refractivity contribution in [2.45, 2.75) is 26.4 Å². The van der Waals surface area contributed by atoms with Gasteiger partial charge in [-0.05, 0) is 36.1 Å². The quantitative estimate of drug-likeness (QED) is 0.681. The Balaban J connectivity index is 1.93. The van der Waals surface area contributed by atoms with Crippen LogP contribution in [-0.4, -0.2) is 22.2 Å². The van der Waals surface area contributed by atoms with Gasteiger partial charge in [0.2, 0.25) is 5.91 Å². The largest absolute Gasteiger partial charge is 0.495 e. The molecule has 0 aliphatic heterocycles. The summed E-state index contributed by atoms with van der Waals surface area (Å²) in [7, 11) is 1.50. The van der Waals surface area contributed by atoms with E-state index in [0.717, 1.165) is 0 Å². The van der Waals surface area contributed by atoms with Crippen molar-refractivity contribution in [2.24, 2.45) is 0 Å². The van der Waals surface area contributed by atoms with E-state index in [1.165, 1.54) is 27.6 Å². The average Bonchev–Trinajstić information content (AvgIpc) is 3.12. The summed E-state index contributed by atoms with van der Waals surface area (Å²) >= 11 is 7.32. The summed E-state index contributed by atoms with van der Waals surface area (Å²) in [5.41, 5.74) is 0.147. The van der Waals surface area contributed by atoms with Gasteiger partial charge in [-0.3, -0.25) is 18.7 Å². The summed E-state index contributed by atoms with van der Waals surface area (Å²) in [4.78, 5) is 37.7. The highest BCUT2D eigenvalue weighted by Crippen LogP contribution is 2.27. The van der Waals surface area contributed by atoms with E-state index in [1.807, 2.05) is 6.92 Å². The number of nitrogens with one attached hydrogen (secondary N) is 1. The van der Waals surface area contributed by atoms with Crippen LogP contribution in [0.2, 0.25) is 5.02 Å². The van der Waals surface area contributed by atoms with Crippen LogP contribution in [0.25, 0.3) is 10.2 Å². The fourth-order valence-corrected chi connectivity index (χ4v) is 3.90. The smallest absolute Gasteiger partial charge is 0.332 e. The molecule has 0 atom stereocenters. The molecule has 1 N–H and O–H groups in total. The van der Waals surface area contributed by atoms with E-state index in [4.69, 9.17) is 16.3 Å². The number of aromatic nitrogens is 2. The predicted octanol–water partition coefficient (Wildman–Crippen LogP) is 2.94. The van der Waals surface area contributed by atoms with Gasteiger partial charge >= 0.3 is 5.69 Å². The topological polar surface area (TPSA) is 82.3 Å². The van der Waals surface area contributed by atoms with Crippen LogP contribution in [0.15, 0.2) is 39.2 Å². The van der Waals surface area contributed by atoms with Crippen LogP contribution in [0.1, 0.15) is 13.3 Å². The highest BCUT2D eigenvalue weighted by molar-refractivity contribution is 7.17. The molecule has 9 heteroatoms. The van der Waals surface area contributed by atoms with Gasteiger partial charge in [0.05, 0.1) is 17.6 Å². The Morgan fingerprint density at radius 3 is 2.70 bits per heavy atom. The van der Waals surface area contributed by atoms with Crippen molar-refractivity contribution < 1.29 is 9.53 Å². The zero-order chi connectivity index (χ0) is 19.6. The van der Waals surface area contributed by atoms with Crippen molar-refractivity contribution in [2.75, 3.05) is 12.4 Å². The maximum Gasteiger partial charge on any atom is 0.332 e. The molecule has 0 spiro atoms. The maximum absolute atomic E-state index is 12.7. The van der Waals surface area contributed by atoms with Crippen molar-refractivity contribution in [1.82, 2.24) is 9.13 Å². The lowest BCUT2D eigenvalue weighted by molar-refractivity contribution is -0.116. The van der Waals surface area contributed by atoms with Crippen LogP contribution in [0.4, 0.5) is 5.69 Å². The number of thiophene rings is 1. The first-order valence-electron chi connectivity index (χ1n) is 8.30. The Labute approximate surface area is 163 Å². The first-order valence-corrected chi connectivity index (χ1v) is 9.56. The van der Waals surface area contributed by atoms with Gasteiger partial charge in [0, 0.05) is 12.2 Å². The molecule has 0 unspecified atom stereocenters. The summed E-state index contributed by atoms with van der Waals surface area (Å²) in [5, 5.41) is 4.81. The third-order valence-electron chi connectivity index (χ3n) is 4.02. The lowest BCUT2D eigenvalue weighted by atomic mass is 10.3. The number of hydrogen-bond donors (Lipinski definition) is 1. The fourth-order valence-electron chi connectivity index (χ4n) is 2.80. The number of anilines is 1. The summed E-state index contributed by atoms with van der Waals surface area (Å²) in [6, 6.07) is 6.54. The molecule has 0 saturated heterocycles. The van der Waals surface area contributed by atoms with E-state index >= 15 is 0 Å². The van der Waals surface area contributed by atoms with E-state index in [9.17, 15) is 14.4 Å². The molecule has 0 fully saturated rings. The van der Waals surface area contributed by atoms with Gasteiger partial charge in [0.15, 0.2) is 0 Å². The molecule has 0 saturated carbocycles. The number of ether oxygens (including phenoxy) is 1. The SMILES string of the molecule is CCCn1c(=O)c2sccc2n(CC(=O)Nc2ccc(OC)c(Cl)c2)c1=O. The molecule has 2 aromatic heterocycles. The number of halogens is 1. The summed E-state index contributed by atoms with van der Waals surface area (Å²) < 4.78 is 8.04. The van der Waals surface area contributed by atoms with Crippen molar-refractivity contribution >= 4 is 44.7 Å². The molecule has 7 nitrogen and oxygen atoms in total. The second-order valence-electron chi connectivity index (χ2n) is 5.86. The molecular weight excluding hydrogens is 390 g/mol. The monoisotopic (exact) mass is 407 g/mol. The van der Waals surface area contributed by atoms with E-state index in [-0.39, 0.29) is 12.1 Å². The number of amides is 1. The van der Waals surface area contributed by atoms with Gasteiger partial charge in [0.25, 0.3) is 5.56 Å². The standard InChI is InChI=1S/C18H18ClN3O4S/c1-3-7-21-17(24)16-13(6-8-27-16)22(18(21)25)10-15(23)20-11-4-5-14(26-2)12(19)9-11/h4-6,8-9H,3,7,10H2,1-2H3,(H,20,23). The van der Waals surface area contributed by atoms with Crippen LogP contribution < -0.4 is 21.3 Å². The maximum atomic E-state index is 12.7. The van der Waals surface area contributed by atoms with Gasteiger partial charge in [-0.15, -0.1) is 11.3 Å². The van der Waals surface area contributed by atoms with E-state index in [0.29, 0.717) is 39.6 Å². The first kappa shape index (κ1) is 19.2. The molecule has 1 amide bonds. The number of carbonyl (C=O) groups is 1. The van der Waals surface area contributed by atoms with E-state index in [2.05, 4.69) is 5.32 Å². The molecular formula is C18H18ClN3O4S. The molecule has 3 rings (SSSR count). The summed E-state index contributed by atoms with van der Waals surface area (Å²) in [6.45, 7) is 1.98. The highest BCUT2D eigenvalue weighted by atomic mass is 35.5. The number of hydrogen-bond acceptors (Lipinski definition) is 5. The highest BCUT2D eigenvalue weighted by Gasteiger charge is 2.16. The molecule has 0 aliphatic carbocycles. The van der Waals surface area contributed by atoms with Gasteiger partial charge < -0.3 is 10.1 Å². The lowest BCUT2D eigenvalue weighted by Crippen LogP contribution is -2.41. The Kier molecular flexibility index (Phi) is 5.67. The second kappa shape index (κ2) is 7.98. The van der Waals surface area contributed by atoms with Gasteiger partial charge in [-0.2, -0.15) is 0 Å². The van der Waals surface area contributed by atoms with E-state index < -0.39 is 11.6 Å². The molecule has 1 aromatic carbocycles. The number of benzene rings is 1. The van der Waals surface area contributed by atoms with Gasteiger partial charge in [0.1, 0.15) is 17.0 Å². The zero-order valence-electron chi connectivity index (χ0n) is 14.8. The zero-order valence-corrected chi connectivity index (χ0v) is 16.4. The molecule has 0 radical (unpaired) electrons. The second-order valence-corrected chi connectivity index (χ2v) is 7.18. The normalized spacial score (nSPS) is 10.9. The first-order chi connectivity index (χ1) is 13.0. The van der Waals surface area contributed by atoms with Crippen LogP contribution in [0.5, 0.6) is 5.75 Å². The Morgan fingerprint density at radius 1 is 1.26 bits per heavy atom. The fraction of sp³-hybridized carbons (Fsp3) is 0.278. The molecule has 2 heterocycles. The van der Waals surface area contributed by atoms with Crippen LogP contribution in [0.3, 0.4) is 0 Å². The minimum atomic E-state index is -0.490.